The molecule has 1 saturated heterocycles. The predicted molar refractivity (Wildman–Crippen MR) is 116 cm³/mol. The lowest BCUT2D eigenvalue weighted by Crippen LogP contribution is -2.50. The Hall–Kier alpha value is -1.93. The van der Waals surface area contributed by atoms with Crippen LogP contribution >= 0.6 is 11.3 Å². The second-order valence-electron chi connectivity index (χ2n) is 6.71. The van der Waals surface area contributed by atoms with E-state index in [0.29, 0.717) is 36.0 Å². The minimum atomic E-state index is -3.87. The Morgan fingerprint density at radius 3 is 2.00 bits per heavy atom. The second-order valence-corrected chi connectivity index (χ2v) is 11.8. The highest BCUT2D eigenvalue weighted by Crippen LogP contribution is 2.32. The number of H-pyrrole nitrogens is 1. The fourth-order valence-corrected chi connectivity index (χ4v) is 7.54. The zero-order chi connectivity index (χ0) is 22.8. The Kier molecular flexibility index (Phi) is 7.11. The van der Waals surface area contributed by atoms with Crippen LogP contribution in [0.25, 0.3) is 0 Å². The van der Waals surface area contributed by atoms with Gasteiger partial charge in [0.15, 0.2) is 15.7 Å². The molecule has 2 aromatic rings. The van der Waals surface area contributed by atoms with Gasteiger partial charge in [-0.3, -0.25) is 4.79 Å². The highest BCUT2D eigenvalue weighted by atomic mass is 32.2. The van der Waals surface area contributed by atoms with Crippen LogP contribution in [0.2, 0.25) is 0 Å². The average molecular weight is 492 g/mol. The predicted octanol–water partition coefficient (Wildman–Crippen LogP) is 1.24. The van der Waals surface area contributed by atoms with Gasteiger partial charge in [-0.2, -0.15) is 8.61 Å². The molecule has 172 valence electrons. The Balaban J connectivity index is 1.79. The Morgan fingerprint density at radius 1 is 0.935 bits per heavy atom. The summed E-state index contributed by atoms with van der Waals surface area (Å²) in [7, 11) is -7.72. The maximum Gasteiger partial charge on any atom is 0.305 e. The van der Waals surface area contributed by atoms with Gasteiger partial charge in [0.2, 0.25) is 10.0 Å². The van der Waals surface area contributed by atoms with E-state index in [9.17, 15) is 21.6 Å². The van der Waals surface area contributed by atoms with E-state index in [-0.39, 0.29) is 41.0 Å². The second kappa shape index (κ2) is 9.28. The van der Waals surface area contributed by atoms with E-state index in [1.165, 1.54) is 27.7 Å². The van der Waals surface area contributed by atoms with Gasteiger partial charge in [0.05, 0.1) is 18.1 Å². The lowest BCUT2D eigenvalue weighted by atomic mass is 10.3. The SMILES string of the molecule is CCOc1ccc(S(=O)(=O)N2CCN(S(=O)(=O)c3sc(=O)[nH]c3C)CC2)cc1OCC. The number of rotatable bonds is 8. The third-order valence-electron chi connectivity index (χ3n) is 4.71. The maximum atomic E-state index is 13.1. The molecule has 13 heteroatoms. The molecule has 1 aliphatic rings. The van der Waals surface area contributed by atoms with E-state index in [0.717, 1.165) is 0 Å². The third-order valence-corrected chi connectivity index (χ3v) is 10.1. The first kappa shape index (κ1) is 23.7. The van der Waals surface area contributed by atoms with Gasteiger partial charge >= 0.3 is 4.87 Å². The number of sulfonamides is 2. The smallest absolute Gasteiger partial charge is 0.305 e. The van der Waals surface area contributed by atoms with E-state index in [1.807, 2.05) is 6.92 Å². The van der Waals surface area contributed by atoms with Crippen LogP contribution in [0.15, 0.2) is 32.1 Å². The third kappa shape index (κ3) is 4.80. The summed E-state index contributed by atoms with van der Waals surface area (Å²) >= 11 is 0.631. The Morgan fingerprint density at radius 2 is 1.48 bits per heavy atom. The van der Waals surface area contributed by atoms with Crippen molar-refractivity contribution in [2.24, 2.45) is 0 Å². The molecular formula is C18H25N3O7S3. The van der Waals surface area contributed by atoms with Crippen LogP contribution in [0.3, 0.4) is 0 Å². The zero-order valence-corrected chi connectivity index (χ0v) is 19.9. The number of aromatic nitrogens is 1. The zero-order valence-electron chi connectivity index (χ0n) is 17.5. The van der Waals surface area contributed by atoms with Gasteiger partial charge in [0, 0.05) is 37.9 Å². The number of aryl methyl sites for hydroxylation is 1. The van der Waals surface area contributed by atoms with Crippen molar-refractivity contribution in [1.29, 1.82) is 0 Å². The molecule has 0 aliphatic carbocycles. The molecule has 1 fully saturated rings. The average Bonchev–Trinajstić information content (AvgIpc) is 3.08. The number of piperazine rings is 1. The molecule has 2 heterocycles. The highest BCUT2D eigenvalue weighted by molar-refractivity contribution is 7.91. The molecule has 31 heavy (non-hydrogen) atoms. The number of nitrogens with one attached hydrogen (secondary N) is 1. The lowest BCUT2D eigenvalue weighted by molar-refractivity contribution is 0.272. The van der Waals surface area contributed by atoms with E-state index in [4.69, 9.17) is 9.47 Å². The van der Waals surface area contributed by atoms with Crippen molar-refractivity contribution in [3.63, 3.8) is 0 Å². The van der Waals surface area contributed by atoms with E-state index < -0.39 is 24.9 Å². The molecule has 1 aromatic carbocycles. The topological polar surface area (TPSA) is 126 Å². The fourth-order valence-electron chi connectivity index (χ4n) is 3.25. The summed E-state index contributed by atoms with van der Waals surface area (Å²) in [5.41, 5.74) is 0.280. The molecule has 3 rings (SSSR count). The van der Waals surface area contributed by atoms with Gasteiger partial charge in [-0.1, -0.05) is 11.3 Å². The molecule has 1 N–H and O–H groups in total. The standard InChI is InChI=1S/C18H25N3O7S3/c1-4-27-15-7-6-14(12-16(15)28-5-2)30(23,24)20-8-10-21(11-9-20)31(25,26)17-13(3)19-18(22)29-17/h6-7,12H,4-5,8-11H2,1-3H3,(H,19,22). The number of nitrogens with zero attached hydrogens (tertiary/aromatic N) is 2. The van der Waals surface area contributed by atoms with Crippen LogP contribution in [-0.4, -0.2) is 69.8 Å². The molecule has 0 saturated carbocycles. The quantitative estimate of drug-likeness (QED) is 0.589. The van der Waals surface area contributed by atoms with Crippen molar-refractivity contribution in [3.8, 4) is 11.5 Å². The van der Waals surface area contributed by atoms with Crippen LogP contribution in [-0.2, 0) is 20.0 Å². The summed E-state index contributed by atoms with van der Waals surface area (Å²) in [6.07, 6.45) is 0. The van der Waals surface area contributed by atoms with Crippen LogP contribution in [0.4, 0.5) is 0 Å². The summed E-state index contributed by atoms with van der Waals surface area (Å²) in [6, 6.07) is 4.43. The summed E-state index contributed by atoms with van der Waals surface area (Å²) in [6.45, 7) is 5.87. The van der Waals surface area contributed by atoms with Gasteiger partial charge in [0.25, 0.3) is 10.0 Å². The molecule has 0 amide bonds. The van der Waals surface area contributed by atoms with Crippen LogP contribution < -0.4 is 14.3 Å². The van der Waals surface area contributed by atoms with E-state index in [1.54, 1.807) is 13.0 Å². The van der Waals surface area contributed by atoms with Crippen molar-refractivity contribution in [2.75, 3.05) is 39.4 Å². The van der Waals surface area contributed by atoms with Gasteiger partial charge in [-0.15, -0.1) is 0 Å². The molecule has 0 bridgehead atoms. The molecule has 0 atom stereocenters. The fraction of sp³-hybridized carbons (Fsp3) is 0.500. The highest BCUT2D eigenvalue weighted by Gasteiger charge is 2.35. The van der Waals surface area contributed by atoms with E-state index in [2.05, 4.69) is 4.98 Å². The number of ether oxygens (including phenoxy) is 2. The molecule has 1 aromatic heterocycles. The number of aromatic amines is 1. The maximum absolute atomic E-state index is 13.1. The van der Waals surface area contributed by atoms with Crippen molar-refractivity contribution in [2.45, 2.75) is 29.9 Å². The minimum Gasteiger partial charge on any atom is -0.490 e. The first-order chi connectivity index (χ1) is 14.6. The molecule has 0 spiro atoms. The first-order valence-electron chi connectivity index (χ1n) is 9.71. The van der Waals surface area contributed by atoms with E-state index >= 15 is 0 Å². The molecule has 0 unspecified atom stereocenters. The lowest BCUT2D eigenvalue weighted by Gasteiger charge is -2.33. The molecular weight excluding hydrogens is 466 g/mol. The van der Waals surface area contributed by atoms with Gasteiger partial charge in [0.1, 0.15) is 0 Å². The monoisotopic (exact) mass is 491 g/mol. The number of thiazole rings is 1. The van der Waals surface area contributed by atoms with Crippen LogP contribution in [0, 0.1) is 6.92 Å². The normalized spacial score (nSPS) is 16.4. The Bertz CT molecular complexity index is 1190. The summed E-state index contributed by atoms with van der Waals surface area (Å²) in [5, 5.41) is 0. The van der Waals surface area contributed by atoms with Crippen LogP contribution in [0.1, 0.15) is 19.5 Å². The molecule has 1 aliphatic heterocycles. The number of hydrogen-bond acceptors (Lipinski definition) is 8. The molecule has 10 nitrogen and oxygen atoms in total. The Labute approximate surface area is 185 Å². The number of benzene rings is 1. The summed E-state index contributed by atoms with van der Waals surface area (Å²) < 4.78 is 65.3. The van der Waals surface area contributed by atoms with Gasteiger partial charge in [-0.05, 0) is 32.9 Å². The number of hydrogen-bond donors (Lipinski definition) is 1. The van der Waals surface area contributed by atoms with Crippen molar-refractivity contribution in [3.05, 3.63) is 33.6 Å². The van der Waals surface area contributed by atoms with Crippen LogP contribution in [0.5, 0.6) is 11.5 Å². The van der Waals surface area contributed by atoms with Gasteiger partial charge in [-0.25, -0.2) is 16.8 Å². The molecule has 0 radical (unpaired) electrons. The first-order valence-corrected chi connectivity index (χ1v) is 13.4. The van der Waals surface area contributed by atoms with Crippen molar-refractivity contribution in [1.82, 2.24) is 13.6 Å². The largest absolute Gasteiger partial charge is 0.490 e. The van der Waals surface area contributed by atoms with Gasteiger partial charge < -0.3 is 14.5 Å². The van der Waals surface area contributed by atoms with Crippen molar-refractivity contribution >= 4 is 31.4 Å². The minimum absolute atomic E-state index is 0.00286. The summed E-state index contributed by atoms with van der Waals surface area (Å²) in [4.78, 5) is 13.6. The summed E-state index contributed by atoms with van der Waals surface area (Å²) in [5.74, 6) is 0.796. The van der Waals surface area contributed by atoms with Crippen molar-refractivity contribution < 1.29 is 26.3 Å².